The van der Waals surface area contributed by atoms with Gasteiger partial charge in [0.1, 0.15) is 6.54 Å². The number of aryl methyl sites for hydroxylation is 1. The van der Waals surface area contributed by atoms with E-state index in [1.807, 2.05) is 6.92 Å². The minimum absolute atomic E-state index is 0.00661. The fourth-order valence-electron chi connectivity index (χ4n) is 8.75. The first-order valence-electron chi connectivity index (χ1n) is 13.1. The molecule has 1 N–H and O–H groups in total. The number of aliphatic hydroxyl groups is 1. The van der Waals surface area contributed by atoms with Crippen molar-refractivity contribution in [2.75, 3.05) is 13.7 Å². The molecule has 4 aliphatic carbocycles. The molecule has 1 aromatic heterocycles. The number of methoxy groups -OCH3 is 1. The van der Waals surface area contributed by atoms with Gasteiger partial charge in [0.15, 0.2) is 11.6 Å². The highest BCUT2D eigenvalue weighted by Crippen LogP contribution is 2.68. The Morgan fingerprint density at radius 3 is 2.72 bits per heavy atom. The maximum Gasteiger partial charge on any atom is 0.171 e. The second-order valence-electron chi connectivity index (χ2n) is 11.8. The van der Waals surface area contributed by atoms with E-state index in [1.165, 1.54) is 4.80 Å². The van der Waals surface area contributed by atoms with Crippen molar-refractivity contribution in [2.24, 2.45) is 40.4 Å². The molecule has 0 bridgehead atoms. The zero-order valence-corrected chi connectivity index (χ0v) is 20.1. The van der Waals surface area contributed by atoms with Gasteiger partial charge in [-0.2, -0.15) is 4.80 Å². The van der Waals surface area contributed by atoms with E-state index in [9.17, 15) is 9.90 Å². The molecule has 0 amide bonds. The summed E-state index contributed by atoms with van der Waals surface area (Å²) in [6, 6.07) is 0. The molecule has 0 spiro atoms. The Kier molecular flexibility index (Phi) is 5.21. The van der Waals surface area contributed by atoms with Crippen LogP contribution < -0.4 is 0 Å². The minimum Gasteiger partial charge on any atom is -0.390 e. The number of Topliss-reactive ketones (excluding diaryl/α,β-unsaturated/α-hetero) is 1. The SMILES string of the molecule is [2H]C(OC)[C@]12CC[C@@](C)(O)C[C@H]1CC[C@H]1[C@@H]3CC[C@H](C(=O)Cn4nnc(C)n4)[C@@]3(C)CC[C@@H]12. The molecule has 1 heterocycles. The van der Waals surface area contributed by atoms with Crippen LogP contribution in [0.3, 0.4) is 0 Å². The first kappa shape index (κ1) is 21.2. The standard InChI is InChI=1S/C25H40N4O3/c1-16-26-28-29(27-16)14-22(30)21-8-7-19-18-6-5-17-13-23(2,31)11-12-25(17,15-32-4)20(18)9-10-24(19,21)3/h17-21,31H,5-15H2,1-4H3/t17-,18+,19+,20+,21-,23-,24+,25-/m1/s1/i15D/t15?,17-,18+,19+,20+,21-,23-,24+,25-. The van der Waals surface area contributed by atoms with Gasteiger partial charge in [0.2, 0.25) is 0 Å². The Morgan fingerprint density at radius 1 is 1.19 bits per heavy atom. The summed E-state index contributed by atoms with van der Waals surface area (Å²) in [5.74, 6) is 2.72. The van der Waals surface area contributed by atoms with Crippen molar-refractivity contribution in [3.8, 4) is 0 Å². The van der Waals surface area contributed by atoms with Crippen LogP contribution in [0.1, 0.15) is 78.8 Å². The van der Waals surface area contributed by atoms with Crippen LogP contribution in [0.15, 0.2) is 0 Å². The maximum atomic E-state index is 13.4. The molecule has 9 atom stereocenters. The molecule has 4 aliphatic rings. The van der Waals surface area contributed by atoms with Gasteiger partial charge in [-0.1, -0.05) is 6.92 Å². The van der Waals surface area contributed by atoms with Crippen molar-refractivity contribution >= 4 is 5.78 Å². The molecule has 7 heteroatoms. The van der Waals surface area contributed by atoms with Gasteiger partial charge in [-0.05, 0) is 111 Å². The summed E-state index contributed by atoms with van der Waals surface area (Å²) in [6.45, 7) is 5.77. The van der Waals surface area contributed by atoms with Gasteiger partial charge in [-0.3, -0.25) is 4.79 Å². The average Bonchev–Trinajstić information content (AvgIpc) is 3.34. The lowest BCUT2D eigenvalue weighted by Crippen LogP contribution is -2.58. The number of fused-ring (bicyclic) bond motifs is 5. The largest absolute Gasteiger partial charge is 0.390 e. The Bertz CT molecular complexity index is 906. The van der Waals surface area contributed by atoms with Crippen molar-refractivity contribution in [1.82, 2.24) is 20.2 Å². The Morgan fingerprint density at radius 2 is 2.00 bits per heavy atom. The van der Waals surface area contributed by atoms with Crippen molar-refractivity contribution in [3.05, 3.63) is 5.82 Å². The molecular formula is C25H40N4O3. The van der Waals surface area contributed by atoms with Crippen molar-refractivity contribution in [3.63, 3.8) is 0 Å². The summed E-state index contributed by atoms with van der Waals surface area (Å²) < 4.78 is 14.7. The van der Waals surface area contributed by atoms with E-state index in [4.69, 9.17) is 6.11 Å². The summed E-state index contributed by atoms with van der Waals surface area (Å²) in [5, 5.41) is 23.0. The van der Waals surface area contributed by atoms with Crippen LogP contribution in [0.2, 0.25) is 0 Å². The molecular weight excluding hydrogens is 404 g/mol. The zero-order valence-electron chi connectivity index (χ0n) is 21.1. The third-order valence-corrected chi connectivity index (χ3v) is 10.1. The van der Waals surface area contributed by atoms with Gasteiger partial charge in [0.25, 0.3) is 0 Å². The number of rotatable bonds is 5. The quantitative estimate of drug-likeness (QED) is 0.745. The number of nitrogens with zero attached hydrogens (tertiary/aromatic N) is 4. The third kappa shape index (κ3) is 3.46. The molecule has 0 saturated heterocycles. The molecule has 1 aromatic rings. The first-order valence-corrected chi connectivity index (χ1v) is 12.6. The van der Waals surface area contributed by atoms with Crippen molar-refractivity contribution in [2.45, 2.75) is 90.7 Å². The van der Waals surface area contributed by atoms with E-state index >= 15 is 0 Å². The fraction of sp³-hybridized carbons (Fsp3) is 0.920. The number of ketones is 1. The van der Waals surface area contributed by atoms with Crippen LogP contribution in [0.5, 0.6) is 0 Å². The predicted octanol–water partition coefficient (Wildman–Crippen LogP) is 3.59. The van der Waals surface area contributed by atoms with Gasteiger partial charge < -0.3 is 9.84 Å². The highest BCUT2D eigenvalue weighted by Gasteiger charge is 2.63. The van der Waals surface area contributed by atoms with Crippen LogP contribution in [0, 0.1) is 47.3 Å². The molecule has 178 valence electrons. The molecule has 4 saturated carbocycles. The van der Waals surface area contributed by atoms with Gasteiger partial charge in [0.05, 0.1) is 13.6 Å². The lowest BCUT2D eigenvalue weighted by Gasteiger charge is -2.62. The van der Waals surface area contributed by atoms with Crippen molar-refractivity contribution in [1.29, 1.82) is 0 Å². The molecule has 7 nitrogen and oxygen atoms in total. The Labute approximate surface area is 193 Å². The number of ether oxygens (including phenoxy) is 1. The monoisotopic (exact) mass is 445 g/mol. The molecule has 0 radical (unpaired) electrons. The van der Waals surface area contributed by atoms with E-state index < -0.39 is 12.2 Å². The number of carbonyl (C=O) groups is 1. The predicted molar refractivity (Wildman–Crippen MR) is 120 cm³/mol. The molecule has 0 aliphatic heterocycles. The fourth-order valence-corrected chi connectivity index (χ4v) is 8.75. The smallest absolute Gasteiger partial charge is 0.171 e. The van der Waals surface area contributed by atoms with E-state index in [0.717, 1.165) is 57.8 Å². The number of carbonyl (C=O) groups excluding carboxylic acids is 1. The van der Waals surface area contributed by atoms with E-state index in [0.29, 0.717) is 29.5 Å². The normalized spacial score (nSPS) is 47.2. The lowest BCUT2D eigenvalue weighted by molar-refractivity contribution is -0.175. The molecule has 32 heavy (non-hydrogen) atoms. The second-order valence-corrected chi connectivity index (χ2v) is 11.8. The van der Waals surface area contributed by atoms with Crippen molar-refractivity contribution < 1.29 is 16.0 Å². The summed E-state index contributed by atoms with van der Waals surface area (Å²) in [7, 11) is 1.68. The molecule has 1 unspecified atom stereocenters. The van der Waals surface area contributed by atoms with Crippen LogP contribution >= 0.6 is 0 Å². The highest BCUT2D eigenvalue weighted by molar-refractivity contribution is 5.81. The first-order chi connectivity index (χ1) is 15.6. The average molecular weight is 446 g/mol. The molecule has 5 rings (SSSR count). The molecule has 4 fully saturated rings. The second kappa shape index (κ2) is 7.86. The maximum absolute atomic E-state index is 13.4. The van der Waals surface area contributed by atoms with E-state index in [-0.39, 0.29) is 29.1 Å². The zero-order chi connectivity index (χ0) is 23.6. The Balaban J connectivity index is 1.40. The van der Waals surface area contributed by atoms with E-state index in [2.05, 4.69) is 22.3 Å². The third-order valence-electron chi connectivity index (χ3n) is 10.1. The molecule has 0 aromatic carbocycles. The van der Waals surface area contributed by atoms with Gasteiger partial charge in [-0.15, -0.1) is 10.2 Å². The number of aromatic nitrogens is 4. The lowest BCUT2D eigenvalue weighted by atomic mass is 9.43. The highest BCUT2D eigenvalue weighted by atomic mass is 16.5. The summed E-state index contributed by atoms with van der Waals surface area (Å²) in [4.78, 5) is 14.8. The van der Waals surface area contributed by atoms with Crippen LogP contribution in [0.25, 0.3) is 0 Å². The van der Waals surface area contributed by atoms with Gasteiger partial charge >= 0.3 is 0 Å². The number of hydrogen-bond donors (Lipinski definition) is 1. The van der Waals surface area contributed by atoms with Gasteiger partial charge in [-0.25, -0.2) is 0 Å². The Hall–Kier alpha value is -1.34. The van der Waals surface area contributed by atoms with E-state index in [1.54, 1.807) is 14.0 Å². The number of hydrogen-bond acceptors (Lipinski definition) is 6. The topological polar surface area (TPSA) is 90.1 Å². The van der Waals surface area contributed by atoms with Gasteiger partial charge in [0, 0.05) is 13.0 Å². The summed E-state index contributed by atoms with van der Waals surface area (Å²) in [5.41, 5.74) is -0.797. The number of tetrazole rings is 1. The van der Waals surface area contributed by atoms with Crippen LogP contribution in [-0.2, 0) is 16.1 Å². The summed E-state index contributed by atoms with van der Waals surface area (Å²) in [6.07, 6.45) is 8.72. The summed E-state index contributed by atoms with van der Waals surface area (Å²) >= 11 is 0. The van der Waals surface area contributed by atoms with Crippen LogP contribution in [-0.4, -0.2) is 50.4 Å². The van der Waals surface area contributed by atoms with Crippen LogP contribution in [0.4, 0.5) is 0 Å². The minimum atomic E-state index is -0.629.